The molecule has 0 unspecified atom stereocenters. The minimum Gasteiger partial charge on any atom is -0.491 e. The Morgan fingerprint density at radius 3 is 2.72 bits per heavy atom. The number of anilines is 1. The molecular weight excluding hydrogens is 402 g/mol. The van der Waals surface area contributed by atoms with E-state index in [1.807, 2.05) is 26.0 Å². The van der Waals surface area contributed by atoms with Crippen molar-refractivity contribution in [1.82, 2.24) is 9.97 Å². The van der Waals surface area contributed by atoms with Crippen LogP contribution >= 0.6 is 23.1 Å². The van der Waals surface area contributed by atoms with E-state index in [0.29, 0.717) is 12.4 Å². The Morgan fingerprint density at radius 1 is 1.28 bits per heavy atom. The first-order chi connectivity index (χ1) is 13.9. The first-order valence-corrected chi connectivity index (χ1v) is 11.8. The summed E-state index contributed by atoms with van der Waals surface area (Å²) in [7, 11) is 0. The molecule has 5 nitrogen and oxygen atoms in total. The summed E-state index contributed by atoms with van der Waals surface area (Å²) in [4.78, 5) is 11.6. The van der Waals surface area contributed by atoms with E-state index in [0.717, 1.165) is 39.7 Å². The number of rotatable bonds is 6. The molecule has 0 fully saturated rings. The number of hydrogen-bond acceptors (Lipinski definition) is 7. The van der Waals surface area contributed by atoms with Crippen LogP contribution < -0.4 is 10.5 Å². The van der Waals surface area contributed by atoms with E-state index in [4.69, 9.17) is 20.2 Å². The maximum atomic E-state index is 6.38. The summed E-state index contributed by atoms with van der Waals surface area (Å²) in [5, 5.41) is 1.74. The third-order valence-corrected chi connectivity index (χ3v) is 7.27. The maximum absolute atomic E-state index is 6.38. The lowest BCUT2D eigenvalue weighted by Crippen LogP contribution is -2.33. The lowest BCUT2D eigenvalue weighted by atomic mass is 9.90. The van der Waals surface area contributed by atoms with E-state index in [1.54, 1.807) is 23.1 Å². The number of nitrogens with two attached hydrogens (primary N) is 1. The number of ether oxygens (including phenoxy) is 2. The van der Waals surface area contributed by atoms with Gasteiger partial charge in [-0.3, -0.25) is 0 Å². The SMILES string of the molecule is CC[C@]1(C)Cc2c(sc3nc(SCc4ccc(OC(C)C)cc4)nc(N)c23)CO1. The molecule has 1 aromatic carbocycles. The van der Waals surface area contributed by atoms with Gasteiger partial charge in [0.05, 0.1) is 23.7 Å². The lowest BCUT2D eigenvalue weighted by Gasteiger charge is -2.33. The molecule has 0 radical (unpaired) electrons. The molecule has 2 aromatic heterocycles. The molecule has 0 amide bonds. The number of thioether (sulfide) groups is 1. The van der Waals surface area contributed by atoms with Crippen LogP contribution in [0.15, 0.2) is 29.4 Å². The lowest BCUT2D eigenvalue weighted by molar-refractivity contribution is -0.0542. The number of nitrogen functional groups attached to an aromatic ring is 1. The average molecular weight is 430 g/mol. The third-order valence-electron chi connectivity index (χ3n) is 5.25. The molecular formula is C22H27N3O2S2. The zero-order valence-electron chi connectivity index (χ0n) is 17.3. The summed E-state index contributed by atoms with van der Waals surface area (Å²) >= 11 is 3.29. The van der Waals surface area contributed by atoms with Gasteiger partial charge < -0.3 is 15.2 Å². The Labute approximate surface area is 180 Å². The Kier molecular flexibility index (Phi) is 5.73. The van der Waals surface area contributed by atoms with Gasteiger partial charge in [-0.15, -0.1) is 11.3 Å². The average Bonchev–Trinajstić information content (AvgIpc) is 3.05. The molecule has 0 bridgehead atoms. The molecule has 3 aromatic rings. The molecule has 1 aliphatic rings. The van der Waals surface area contributed by atoms with Crippen LogP contribution in [0.3, 0.4) is 0 Å². The zero-order chi connectivity index (χ0) is 20.6. The number of benzene rings is 1. The second kappa shape index (κ2) is 8.13. The monoisotopic (exact) mass is 429 g/mol. The van der Waals surface area contributed by atoms with Crippen LogP contribution in [-0.4, -0.2) is 21.7 Å². The van der Waals surface area contributed by atoms with Gasteiger partial charge in [0.25, 0.3) is 0 Å². The first-order valence-electron chi connectivity index (χ1n) is 9.97. The molecule has 2 N–H and O–H groups in total. The van der Waals surface area contributed by atoms with Gasteiger partial charge in [-0.25, -0.2) is 9.97 Å². The summed E-state index contributed by atoms with van der Waals surface area (Å²) < 4.78 is 11.8. The fourth-order valence-electron chi connectivity index (χ4n) is 3.46. The predicted octanol–water partition coefficient (Wildman–Crippen LogP) is 5.59. The van der Waals surface area contributed by atoms with Crippen LogP contribution in [0.2, 0.25) is 0 Å². The summed E-state index contributed by atoms with van der Waals surface area (Å²) in [5.74, 6) is 2.26. The number of hydrogen-bond donors (Lipinski definition) is 1. The summed E-state index contributed by atoms with van der Waals surface area (Å²) in [6, 6.07) is 8.18. The number of thiophene rings is 1. The van der Waals surface area contributed by atoms with Crippen molar-refractivity contribution in [2.75, 3.05) is 5.73 Å². The molecule has 4 rings (SSSR count). The smallest absolute Gasteiger partial charge is 0.191 e. The Morgan fingerprint density at radius 2 is 2.03 bits per heavy atom. The van der Waals surface area contributed by atoms with Crippen molar-refractivity contribution in [2.45, 2.75) is 69.8 Å². The van der Waals surface area contributed by atoms with Gasteiger partial charge in [-0.2, -0.15) is 0 Å². The molecule has 0 spiro atoms. The minimum absolute atomic E-state index is 0.133. The second-order valence-corrected chi connectivity index (χ2v) is 9.97. The largest absolute Gasteiger partial charge is 0.491 e. The molecule has 154 valence electrons. The minimum atomic E-state index is -0.133. The molecule has 1 atom stereocenters. The Hall–Kier alpha value is -1.83. The van der Waals surface area contributed by atoms with Crippen LogP contribution in [-0.2, 0) is 23.5 Å². The number of aromatic nitrogens is 2. The molecule has 1 aliphatic heterocycles. The fraction of sp³-hybridized carbons (Fsp3) is 0.455. The van der Waals surface area contributed by atoms with Crippen molar-refractivity contribution >= 4 is 39.1 Å². The Bertz CT molecular complexity index is 1020. The van der Waals surface area contributed by atoms with Crippen LogP contribution in [0, 0.1) is 0 Å². The van der Waals surface area contributed by atoms with Gasteiger partial charge in [0.1, 0.15) is 16.4 Å². The van der Waals surface area contributed by atoms with Gasteiger partial charge >= 0.3 is 0 Å². The van der Waals surface area contributed by atoms with Crippen LogP contribution in [0.4, 0.5) is 5.82 Å². The zero-order valence-corrected chi connectivity index (χ0v) is 19.0. The highest BCUT2D eigenvalue weighted by Crippen LogP contribution is 2.41. The van der Waals surface area contributed by atoms with E-state index in [1.165, 1.54) is 16.0 Å². The van der Waals surface area contributed by atoms with Crippen LogP contribution in [0.25, 0.3) is 10.2 Å². The van der Waals surface area contributed by atoms with Crippen molar-refractivity contribution in [2.24, 2.45) is 0 Å². The highest BCUT2D eigenvalue weighted by molar-refractivity contribution is 7.98. The Balaban J connectivity index is 1.52. The molecule has 0 saturated heterocycles. The third kappa shape index (κ3) is 4.37. The normalized spacial score (nSPS) is 18.9. The first kappa shape index (κ1) is 20.4. The molecule has 29 heavy (non-hydrogen) atoms. The van der Waals surface area contributed by atoms with Gasteiger partial charge in [-0.1, -0.05) is 30.8 Å². The quantitative estimate of drug-likeness (QED) is 0.407. The van der Waals surface area contributed by atoms with Crippen molar-refractivity contribution < 1.29 is 9.47 Å². The van der Waals surface area contributed by atoms with Crippen LogP contribution in [0.1, 0.15) is 50.1 Å². The second-order valence-electron chi connectivity index (χ2n) is 7.94. The number of nitrogens with zero attached hydrogens (tertiary/aromatic N) is 2. The summed E-state index contributed by atoms with van der Waals surface area (Å²) in [6.07, 6.45) is 2.01. The summed E-state index contributed by atoms with van der Waals surface area (Å²) in [5.41, 5.74) is 8.72. The highest BCUT2D eigenvalue weighted by Gasteiger charge is 2.33. The van der Waals surface area contributed by atoms with Gasteiger partial charge in [-0.05, 0) is 50.5 Å². The van der Waals surface area contributed by atoms with Crippen molar-refractivity contribution in [3.63, 3.8) is 0 Å². The maximum Gasteiger partial charge on any atom is 0.191 e. The van der Waals surface area contributed by atoms with Gasteiger partial charge in [0.2, 0.25) is 0 Å². The molecule has 3 heterocycles. The van der Waals surface area contributed by atoms with E-state index >= 15 is 0 Å². The number of fused-ring (bicyclic) bond motifs is 3. The molecule has 7 heteroatoms. The van der Waals surface area contributed by atoms with Crippen molar-refractivity contribution in [3.8, 4) is 5.75 Å². The van der Waals surface area contributed by atoms with E-state index < -0.39 is 0 Å². The standard InChI is InChI=1S/C22H27N3O2S2/c1-5-22(4)10-16-17(11-26-22)29-20-18(16)19(23)24-21(25-20)28-12-14-6-8-15(9-7-14)27-13(2)3/h6-9,13H,5,10-12H2,1-4H3,(H2,23,24,25)/t22-/m1/s1. The van der Waals surface area contributed by atoms with E-state index in [-0.39, 0.29) is 11.7 Å². The van der Waals surface area contributed by atoms with Gasteiger partial charge in [0, 0.05) is 17.1 Å². The molecule has 0 aliphatic carbocycles. The topological polar surface area (TPSA) is 70.3 Å². The summed E-state index contributed by atoms with van der Waals surface area (Å²) in [6.45, 7) is 9.01. The van der Waals surface area contributed by atoms with E-state index in [2.05, 4.69) is 31.0 Å². The van der Waals surface area contributed by atoms with Crippen molar-refractivity contribution in [1.29, 1.82) is 0 Å². The van der Waals surface area contributed by atoms with Gasteiger partial charge in [0.15, 0.2) is 5.16 Å². The van der Waals surface area contributed by atoms with E-state index in [9.17, 15) is 0 Å². The van der Waals surface area contributed by atoms with Crippen molar-refractivity contribution in [3.05, 3.63) is 40.3 Å². The van der Waals surface area contributed by atoms with Crippen LogP contribution in [0.5, 0.6) is 5.75 Å². The molecule has 0 saturated carbocycles. The fourth-order valence-corrected chi connectivity index (χ4v) is 5.43. The predicted molar refractivity (Wildman–Crippen MR) is 121 cm³/mol. The highest BCUT2D eigenvalue weighted by atomic mass is 32.2.